The van der Waals surface area contributed by atoms with Gasteiger partial charge in [0.05, 0.1) is 18.4 Å². The normalized spacial score (nSPS) is 11.4. The van der Waals surface area contributed by atoms with Crippen LogP contribution in [0, 0.1) is 0 Å². The average Bonchev–Trinajstić information content (AvgIpc) is 2.90. The highest BCUT2D eigenvalue weighted by molar-refractivity contribution is 5.50. The fourth-order valence-corrected chi connectivity index (χ4v) is 1.67. The second kappa shape index (κ2) is 5.41. The van der Waals surface area contributed by atoms with Gasteiger partial charge in [-0.05, 0) is 24.3 Å². The Balaban J connectivity index is 2.30. The molecule has 2 rings (SSSR count). The number of nitrogens with two attached hydrogens (primary N) is 1. The van der Waals surface area contributed by atoms with Gasteiger partial charge in [0.1, 0.15) is 17.4 Å². The van der Waals surface area contributed by atoms with Crippen LogP contribution in [0.1, 0.15) is 11.3 Å². The number of alkyl halides is 3. The van der Waals surface area contributed by atoms with Gasteiger partial charge in [-0.25, -0.2) is 10.8 Å². The number of hydrazine groups is 1. The van der Waals surface area contributed by atoms with Crippen molar-refractivity contribution in [2.24, 2.45) is 5.84 Å². The Labute approximate surface area is 113 Å². The third-order valence-electron chi connectivity index (χ3n) is 2.65. The van der Waals surface area contributed by atoms with E-state index in [1.165, 1.54) is 11.2 Å². The minimum Gasteiger partial charge on any atom is -0.467 e. The van der Waals surface area contributed by atoms with Crippen molar-refractivity contribution in [1.29, 1.82) is 0 Å². The Morgan fingerprint density at radius 2 is 2.15 bits per heavy atom. The van der Waals surface area contributed by atoms with E-state index in [0.29, 0.717) is 12.3 Å². The fourth-order valence-electron chi connectivity index (χ4n) is 1.67. The summed E-state index contributed by atoms with van der Waals surface area (Å²) < 4.78 is 43.5. The van der Waals surface area contributed by atoms with Crippen molar-refractivity contribution in [3.05, 3.63) is 41.9 Å². The van der Waals surface area contributed by atoms with Gasteiger partial charge in [-0.2, -0.15) is 13.2 Å². The Morgan fingerprint density at radius 1 is 1.40 bits per heavy atom. The molecule has 0 aliphatic heterocycles. The van der Waals surface area contributed by atoms with Gasteiger partial charge in [-0.15, -0.1) is 0 Å². The zero-order chi connectivity index (χ0) is 14.8. The number of nitrogens with zero attached hydrogens (tertiary/aromatic N) is 2. The minimum atomic E-state index is -4.46. The van der Waals surface area contributed by atoms with Crippen LogP contribution >= 0.6 is 0 Å². The van der Waals surface area contributed by atoms with Crippen molar-refractivity contribution in [1.82, 2.24) is 4.98 Å². The number of halogens is 3. The van der Waals surface area contributed by atoms with Gasteiger partial charge in [0, 0.05) is 7.05 Å². The molecule has 0 radical (unpaired) electrons. The summed E-state index contributed by atoms with van der Waals surface area (Å²) in [5, 5.41) is 0. The van der Waals surface area contributed by atoms with Crippen molar-refractivity contribution < 1.29 is 17.6 Å². The summed E-state index contributed by atoms with van der Waals surface area (Å²) in [6.45, 7) is 0.297. The smallest absolute Gasteiger partial charge is 0.416 e. The van der Waals surface area contributed by atoms with Crippen molar-refractivity contribution in [3.8, 4) is 0 Å². The molecule has 2 heterocycles. The minimum absolute atomic E-state index is 0.0545. The second-order valence-electron chi connectivity index (χ2n) is 4.18. The van der Waals surface area contributed by atoms with Crippen molar-refractivity contribution in [2.45, 2.75) is 12.7 Å². The van der Waals surface area contributed by atoms with Gasteiger partial charge in [0.2, 0.25) is 0 Å². The number of rotatable bonds is 4. The molecule has 8 heteroatoms. The van der Waals surface area contributed by atoms with E-state index in [0.717, 1.165) is 12.1 Å². The van der Waals surface area contributed by atoms with Crippen LogP contribution in [0.5, 0.6) is 0 Å². The maximum Gasteiger partial charge on any atom is 0.416 e. The molecular formula is C12H13F3N4O. The zero-order valence-electron chi connectivity index (χ0n) is 10.6. The van der Waals surface area contributed by atoms with E-state index in [9.17, 15) is 13.2 Å². The van der Waals surface area contributed by atoms with Crippen LogP contribution < -0.4 is 16.2 Å². The number of nitrogens with one attached hydrogen (secondary N) is 1. The topological polar surface area (TPSA) is 67.3 Å². The van der Waals surface area contributed by atoms with Gasteiger partial charge in [-0.1, -0.05) is 0 Å². The summed E-state index contributed by atoms with van der Waals surface area (Å²) in [7, 11) is 1.62. The summed E-state index contributed by atoms with van der Waals surface area (Å²) in [6.07, 6.45) is -2.97. The average molecular weight is 286 g/mol. The van der Waals surface area contributed by atoms with E-state index >= 15 is 0 Å². The molecule has 0 saturated carbocycles. The number of pyridine rings is 1. The van der Waals surface area contributed by atoms with Crippen LogP contribution in [0.2, 0.25) is 0 Å². The van der Waals surface area contributed by atoms with Gasteiger partial charge < -0.3 is 14.7 Å². The lowest BCUT2D eigenvalue weighted by Gasteiger charge is -2.19. The maximum absolute atomic E-state index is 12.8. The first kappa shape index (κ1) is 14.2. The van der Waals surface area contributed by atoms with Crippen molar-refractivity contribution in [3.63, 3.8) is 0 Å². The lowest BCUT2D eigenvalue weighted by Crippen LogP contribution is -2.20. The molecule has 0 atom stereocenters. The molecule has 0 unspecified atom stereocenters. The molecule has 2 aromatic heterocycles. The predicted molar refractivity (Wildman–Crippen MR) is 67.9 cm³/mol. The third kappa shape index (κ3) is 3.21. The van der Waals surface area contributed by atoms with E-state index in [-0.39, 0.29) is 11.6 Å². The monoisotopic (exact) mass is 286 g/mol. The second-order valence-corrected chi connectivity index (χ2v) is 4.18. The van der Waals surface area contributed by atoms with Gasteiger partial charge in [0.25, 0.3) is 0 Å². The summed E-state index contributed by atoms with van der Waals surface area (Å²) in [5.74, 6) is 5.86. The van der Waals surface area contributed by atoms with Gasteiger partial charge in [0.15, 0.2) is 0 Å². The molecule has 0 saturated heterocycles. The Hall–Kier alpha value is -2.22. The molecule has 108 valence electrons. The molecule has 20 heavy (non-hydrogen) atoms. The molecule has 0 aliphatic rings. The summed E-state index contributed by atoms with van der Waals surface area (Å²) in [6, 6.07) is 5.25. The number of anilines is 2. The Morgan fingerprint density at radius 3 is 2.70 bits per heavy atom. The summed E-state index contributed by atoms with van der Waals surface area (Å²) in [5.41, 5.74) is 1.31. The van der Waals surface area contributed by atoms with E-state index in [2.05, 4.69) is 10.4 Å². The first-order valence-corrected chi connectivity index (χ1v) is 5.69. The van der Waals surface area contributed by atoms with E-state index in [4.69, 9.17) is 10.3 Å². The molecule has 0 aliphatic carbocycles. The molecule has 3 N–H and O–H groups in total. The van der Waals surface area contributed by atoms with Crippen LogP contribution in [0.3, 0.4) is 0 Å². The standard InChI is InChI=1S/C12H13F3N4O/c1-19(7-9-3-2-4-20-9)11-6-8(12(13,14)15)5-10(17-11)18-16/h2-6H,7,16H2,1H3,(H,17,18). The fraction of sp³-hybridized carbons (Fsp3) is 0.250. The molecule has 0 aromatic carbocycles. The van der Waals surface area contributed by atoms with Crippen LogP contribution in [-0.2, 0) is 12.7 Å². The lowest BCUT2D eigenvalue weighted by molar-refractivity contribution is -0.137. The third-order valence-corrected chi connectivity index (χ3v) is 2.65. The van der Waals surface area contributed by atoms with E-state index in [1.54, 1.807) is 19.2 Å². The molecular weight excluding hydrogens is 273 g/mol. The SMILES string of the molecule is CN(Cc1ccco1)c1cc(C(F)(F)F)cc(NN)n1. The van der Waals surface area contributed by atoms with Crippen LogP contribution in [0.15, 0.2) is 34.9 Å². The first-order valence-electron chi connectivity index (χ1n) is 5.69. The highest BCUT2D eigenvalue weighted by Gasteiger charge is 2.32. The molecule has 5 nitrogen and oxygen atoms in total. The summed E-state index contributed by atoms with van der Waals surface area (Å²) >= 11 is 0. The van der Waals surface area contributed by atoms with Crippen molar-refractivity contribution in [2.75, 3.05) is 17.4 Å². The number of hydrogen-bond acceptors (Lipinski definition) is 5. The van der Waals surface area contributed by atoms with Crippen LogP contribution in [0.25, 0.3) is 0 Å². The first-order chi connectivity index (χ1) is 9.40. The van der Waals surface area contributed by atoms with Crippen molar-refractivity contribution >= 4 is 11.6 Å². The number of aromatic nitrogens is 1. The van der Waals surface area contributed by atoms with Gasteiger partial charge >= 0.3 is 6.18 Å². The van der Waals surface area contributed by atoms with E-state index in [1.807, 2.05) is 0 Å². The largest absolute Gasteiger partial charge is 0.467 e. The van der Waals surface area contributed by atoms with Crippen LogP contribution in [0.4, 0.5) is 24.8 Å². The van der Waals surface area contributed by atoms with Gasteiger partial charge in [-0.3, -0.25) is 0 Å². The predicted octanol–water partition coefficient (Wildman–Crippen LogP) is 2.62. The molecule has 2 aromatic rings. The Bertz CT molecular complexity index is 569. The Kier molecular flexibility index (Phi) is 3.84. The molecule has 0 bridgehead atoms. The molecule has 0 amide bonds. The lowest BCUT2D eigenvalue weighted by atomic mass is 10.2. The molecule has 0 fully saturated rings. The maximum atomic E-state index is 12.8. The zero-order valence-corrected chi connectivity index (χ0v) is 10.6. The molecule has 0 spiro atoms. The number of hydrogen-bond donors (Lipinski definition) is 2. The van der Waals surface area contributed by atoms with Crippen LogP contribution in [-0.4, -0.2) is 12.0 Å². The quantitative estimate of drug-likeness (QED) is 0.668. The highest BCUT2D eigenvalue weighted by atomic mass is 19.4. The number of nitrogen functional groups attached to an aromatic ring is 1. The van der Waals surface area contributed by atoms with E-state index < -0.39 is 11.7 Å². The summed E-state index contributed by atoms with van der Waals surface area (Å²) in [4.78, 5) is 5.53. The number of furan rings is 1. The highest BCUT2D eigenvalue weighted by Crippen LogP contribution is 2.32.